The summed E-state index contributed by atoms with van der Waals surface area (Å²) in [7, 11) is -3.16. The minimum Gasteiger partial charge on any atom is -0.357 e. The third-order valence-electron chi connectivity index (χ3n) is 4.53. The van der Waals surface area contributed by atoms with Crippen molar-refractivity contribution in [3.63, 3.8) is 0 Å². The smallest absolute Gasteiger partial charge is 0.191 e. The molecule has 1 heterocycles. The molecule has 2 aromatic carbocycles. The lowest BCUT2D eigenvalue weighted by Gasteiger charge is -2.12. The third kappa shape index (κ3) is 6.66. The van der Waals surface area contributed by atoms with Crippen LogP contribution in [-0.4, -0.2) is 38.7 Å². The van der Waals surface area contributed by atoms with Crippen molar-refractivity contribution in [3.8, 4) is 0 Å². The number of aromatic nitrogens is 1. The number of rotatable bonds is 7. The Balaban J connectivity index is 0.00000320. The molecule has 0 aliphatic carbocycles. The van der Waals surface area contributed by atoms with Crippen LogP contribution < -0.4 is 10.6 Å². The van der Waals surface area contributed by atoms with Crippen molar-refractivity contribution < 1.29 is 8.42 Å². The summed E-state index contributed by atoms with van der Waals surface area (Å²) in [4.78, 5) is 9.51. The van der Waals surface area contributed by atoms with Crippen LogP contribution in [0.3, 0.4) is 0 Å². The highest BCUT2D eigenvalue weighted by molar-refractivity contribution is 14.0. The van der Waals surface area contributed by atoms with Gasteiger partial charge in [0.1, 0.15) is 0 Å². The minimum atomic E-state index is -3.16. The normalized spacial score (nSPS) is 11.7. The summed E-state index contributed by atoms with van der Waals surface area (Å²) in [6.07, 6.45) is 3.78. The molecule has 6 nitrogen and oxygen atoms in total. The molecule has 0 fully saturated rings. The maximum absolute atomic E-state index is 11.5. The molecule has 3 aromatic rings. The topological polar surface area (TPSA) is 83.4 Å². The maximum Gasteiger partial charge on any atom is 0.191 e. The number of para-hydroxylation sites is 1. The van der Waals surface area contributed by atoms with Gasteiger partial charge in [0.25, 0.3) is 0 Å². The number of guanidine groups is 1. The highest BCUT2D eigenvalue weighted by atomic mass is 127. The Morgan fingerprint density at radius 1 is 1.03 bits per heavy atom. The third-order valence-corrected chi connectivity index (χ3v) is 5.65. The average Bonchev–Trinajstić information content (AvgIpc) is 2.71. The van der Waals surface area contributed by atoms with E-state index in [1.165, 1.54) is 6.26 Å². The van der Waals surface area contributed by atoms with Crippen molar-refractivity contribution in [1.82, 2.24) is 15.6 Å². The van der Waals surface area contributed by atoms with Gasteiger partial charge >= 0.3 is 0 Å². The summed E-state index contributed by atoms with van der Waals surface area (Å²) in [5, 5.41) is 7.70. The van der Waals surface area contributed by atoms with Gasteiger partial charge in [0.2, 0.25) is 0 Å². The maximum atomic E-state index is 11.5. The van der Waals surface area contributed by atoms with Gasteiger partial charge in [-0.05, 0) is 42.7 Å². The van der Waals surface area contributed by atoms with Crippen LogP contribution in [0.25, 0.3) is 10.9 Å². The van der Waals surface area contributed by atoms with E-state index in [2.05, 4.69) is 20.6 Å². The highest BCUT2D eigenvalue weighted by Crippen LogP contribution is 2.16. The lowest BCUT2D eigenvalue weighted by molar-refractivity contribution is 0.602. The van der Waals surface area contributed by atoms with Crippen molar-refractivity contribution in [2.75, 3.05) is 19.3 Å². The summed E-state index contributed by atoms with van der Waals surface area (Å²) in [6.45, 7) is 4.02. The van der Waals surface area contributed by atoms with E-state index in [1.54, 1.807) is 18.3 Å². The first kappa shape index (κ1) is 24.1. The summed E-state index contributed by atoms with van der Waals surface area (Å²) >= 11 is 0. The second kappa shape index (κ2) is 11.3. The van der Waals surface area contributed by atoms with E-state index < -0.39 is 9.84 Å². The molecule has 0 radical (unpaired) electrons. The van der Waals surface area contributed by atoms with Gasteiger partial charge in [-0.25, -0.2) is 13.4 Å². The number of pyridine rings is 1. The van der Waals surface area contributed by atoms with Gasteiger partial charge in [-0.1, -0.05) is 36.4 Å². The van der Waals surface area contributed by atoms with Crippen LogP contribution in [0.5, 0.6) is 0 Å². The fourth-order valence-corrected chi connectivity index (χ4v) is 3.66. The van der Waals surface area contributed by atoms with Crippen LogP contribution in [0.4, 0.5) is 0 Å². The van der Waals surface area contributed by atoms with Gasteiger partial charge in [-0.15, -0.1) is 24.0 Å². The number of hydrogen-bond donors (Lipinski definition) is 2. The van der Waals surface area contributed by atoms with Crippen molar-refractivity contribution in [2.45, 2.75) is 24.8 Å². The van der Waals surface area contributed by atoms with Gasteiger partial charge in [0, 0.05) is 30.9 Å². The molecule has 0 saturated heterocycles. The van der Waals surface area contributed by atoms with Crippen LogP contribution in [-0.2, 0) is 22.8 Å². The van der Waals surface area contributed by atoms with Crippen LogP contribution in [0, 0.1) is 0 Å². The number of nitrogens with zero attached hydrogens (tertiary/aromatic N) is 2. The second-order valence-corrected chi connectivity index (χ2v) is 8.80. The minimum absolute atomic E-state index is 0. The Morgan fingerprint density at radius 3 is 2.47 bits per heavy atom. The van der Waals surface area contributed by atoms with Crippen LogP contribution >= 0.6 is 24.0 Å². The van der Waals surface area contributed by atoms with Gasteiger partial charge in [0.15, 0.2) is 15.8 Å². The molecule has 8 heteroatoms. The highest BCUT2D eigenvalue weighted by Gasteiger charge is 2.06. The monoisotopic (exact) mass is 538 g/mol. The quantitative estimate of drug-likeness (QED) is 0.273. The van der Waals surface area contributed by atoms with Crippen molar-refractivity contribution in [3.05, 3.63) is 71.9 Å². The Bertz CT molecular complexity index is 1090. The zero-order valence-electron chi connectivity index (χ0n) is 17.1. The van der Waals surface area contributed by atoms with Crippen molar-refractivity contribution >= 4 is 50.7 Å². The molecular weight excluding hydrogens is 511 g/mol. The largest absolute Gasteiger partial charge is 0.357 e. The van der Waals surface area contributed by atoms with Crippen molar-refractivity contribution in [2.24, 2.45) is 4.99 Å². The standard InChI is InChI=1S/C22H26N4O2S.HI/c1-3-23-22(25-15-13-17-9-11-20(12-10-17)29(2,27)28)26-16-19-7-4-6-18-8-5-14-24-21(18)19;/h4-12,14H,3,13,15-16H2,1-2H3,(H2,23,25,26);1H. The van der Waals surface area contributed by atoms with Gasteiger partial charge in [-0.2, -0.15) is 0 Å². The second-order valence-electron chi connectivity index (χ2n) is 6.78. The van der Waals surface area contributed by atoms with Crippen LogP contribution in [0.1, 0.15) is 18.1 Å². The fourth-order valence-electron chi connectivity index (χ4n) is 3.03. The molecule has 0 saturated carbocycles. The van der Waals surface area contributed by atoms with E-state index in [0.29, 0.717) is 18.0 Å². The SMILES string of the molecule is CCNC(=NCc1cccc2cccnc12)NCCc1ccc(S(C)(=O)=O)cc1.I. The molecule has 0 atom stereocenters. The number of benzene rings is 2. The van der Waals surface area contributed by atoms with E-state index in [9.17, 15) is 8.42 Å². The van der Waals surface area contributed by atoms with Crippen LogP contribution in [0.15, 0.2) is 70.7 Å². The van der Waals surface area contributed by atoms with E-state index in [4.69, 9.17) is 0 Å². The Morgan fingerprint density at radius 2 is 1.77 bits per heavy atom. The zero-order chi connectivity index (χ0) is 20.7. The van der Waals surface area contributed by atoms with Gasteiger partial charge in [-0.3, -0.25) is 4.98 Å². The first-order valence-corrected chi connectivity index (χ1v) is 11.5. The van der Waals surface area contributed by atoms with Crippen LogP contribution in [0.2, 0.25) is 0 Å². The fraction of sp³-hybridized carbons (Fsp3) is 0.273. The lowest BCUT2D eigenvalue weighted by Crippen LogP contribution is -2.38. The van der Waals surface area contributed by atoms with Crippen molar-refractivity contribution in [1.29, 1.82) is 0 Å². The molecular formula is C22H27IN4O2S. The molecule has 3 rings (SSSR count). The number of aliphatic imine (C=N–C) groups is 1. The summed E-state index contributed by atoms with van der Waals surface area (Å²) < 4.78 is 23.1. The first-order valence-electron chi connectivity index (χ1n) is 9.61. The molecule has 0 bridgehead atoms. The number of halogens is 1. The summed E-state index contributed by atoms with van der Waals surface area (Å²) in [5.41, 5.74) is 3.12. The summed E-state index contributed by atoms with van der Waals surface area (Å²) in [6, 6.07) is 17.1. The molecule has 0 unspecified atom stereocenters. The predicted molar refractivity (Wildman–Crippen MR) is 133 cm³/mol. The van der Waals surface area contributed by atoms with E-state index >= 15 is 0 Å². The average molecular weight is 538 g/mol. The number of sulfone groups is 1. The van der Waals surface area contributed by atoms with E-state index in [1.807, 2.05) is 49.4 Å². The van der Waals surface area contributed by atoms with Gasteiger partial charge in [0.05, 0.1) is 17.0 Å². The Labute approximate surface area is 195 Å². The molecule has 0 aliphatic rings. The van der Waals surface area contributed by atoms with Gasteiger partial charge < -0.3 is 10.6 Å². The molecule has 160 valence electrons. The molecule has 0 amide bonds. The molecule has 30 heavy (non-hydrogen) atoms. The zero-order valence-corrected chi connectivity index (χ0v) is 20.3. The number of fused-ring (bicyclic) bond motifs is 1. The van der Waals surface area contributed by atoms with E-state index in [0.717, 1.165) is 41.0 Å². The number of nitrogens with one attached hydrogen (secondary N) is 2. The predicted octanol–water partition coefficient (Wildman–Crippen LogP) is 3.55. The summed E-state index contributed by atoms with van der Waals surface area (Å²) in [5.74, 6) is 0.744. The number of hydrogen-bond acceptors (Lipinski definition) is 4. The Kier molecular flexibility index (Phi) is 9.04. The lowest BCUT2D eigenvalue weighted by atomic mass is 10.1. The molecule has 1 aromatic heterocycles. The Hall–Kier alpha value is -2.20. The molecule has 0 spiro atoms. The molecule has 2 N–H and O–H groups in total. The molecule has 0 aliphatic heterocycles. The first-order chi connectivity index (χ1) is 14.0. The van der Waals surface area contributed by atoms with E-state index in [-0.39, 0.29) is 24.0 Å².